The van der Waals surface area contributed by atoms with Crippen LogP contribution in [-0.4, -0.2) is 39.8 Å². The molecule has 0 saturated carbocycles. The molecular formula is C22H21ClN4O3. The van der Waals surface area contributed by atoms with Crippen molar-refractivity contribution in [1.29, 1.82) is 0 Å². The number of amides is 2. The minimum atomic E-state index is -0.250. The topological polar surface area (TPSA) is 86.4 Å². The Balaban J connectivity index is 1.67. The van der Waals surface area contributed by atoms with Gasteiger partial charge in [-0.3, -0.25) is 14.4 Å². The van der Waals surface area contributed by atoms with E-state index in [1.54, 1.807) is 46.2 Å². The van der Waals surface area contributed by atoms with Crippen molar-refractivity contribution >= 4 is 40.0 Å². The van der Waals surface area contributed by atoms with Gasteiger partial charge in [0, 0.05) is 24.5 Å². The number of nitrogens with one attached hydrogen (secondary N) is 1. The molecule has 4 rings (SSSR count). The lowest BCUT2D eigenvalue weighted by Gasteiger charge is -2.25. The van der Waals surface area contributed by atoms with E-state index < -0.39 is 0 Å². The van der Waals surface area contributed by atoms with Crippen LogP contribution in [0.3, 0.4) is 0 Å². The molecule has 0 aliphatic carbocycles. The Kier molecular flexibility index (Phi) is 5.55. The van der Waals surface area contributed by atoms with Gasteiger partial charge in [0.1, 0.15) is 5.82 Å². The molecule has 0 unspecified atom stereocenters. The summed E-state index contributed by atoms with van der Waals surface area (Å²) >= 11 is 6.15. The van der Waals surface area contributed by atoms with Gasteiger partial charge in [-0.15, -0.1) is 0 Å². The quantitative estimate of drug-likeness (QED) is 0.680. The molecule has 0 bridgehead atoms. The van der Waals surface area contributed by atoms with E-state index in [0.29, 0.717) is 52.5 Å². The molecule has 2 amide bonds. The zero-order valence-corrected chi connectivity index (χ0v) is 17.3. The van der Waals surface area contributed by atoms with Crippen LogP contribution in [0.4, 0.5) is 5.69 Å². The average molecular weight is 425 g/mol. The van der Waals surface area contributed by atoms with E-state index in [4.69, 9.17) is 11.6 Å². The normalized spacial score (nSPS) is 13.8. The van der Waals surface area contributed by atoms with Crippen LogP contribution in [0.2, 0.25) is 5.02 Å². The SMILES string of the molecule is CCN(Cc1nc2ccccc2c(=O)[nH]1)C(=O)c1ccc(Cl)cc1N1CCCC1=O. The number of halogens is 1. The van der Waals surface area contributed by atoms with Gasteiger partial charge in [0.2, 0.25) is 5.91 Å². The number of carbonyl (C=O) groups is 2. The maximum Gasteiger partial charge on any atom is 0.258 e. The van der Waals surface area contributed by atoms with E-state index in [1.807, 2.05) is 13.0 Å². The summed E-state index contributed by atoms with van der Waals surface area (Å²) in [5, 5.41) is 0.966. The third-order valence-corrected chi connectivity index (χ3v) is 5.46. The molecule has 7 nitrogen and oxygen atoms in total. The molecule has 1 aliphatic rings. The van der Waals surface area contributed by atoms with E-state index in [0.717, 1.165) is 6.42 Å². The van der Waals surface area contributed by atoms with Gasteiger partial charge in [0.05, 0.1) is 28.7 Å². The van der Waals surface area contributed by atoms with Gasteiger partial charge < -0.3 is 14.8 Å². The number of anilines is 1. The van der Waals surface area contributed by atoms with Crippen molar-refractivity contribution in [1.82, 2.24) is 14.9 Å². The Hall–Kier alpha value is -3.19. The molecule has 1 saturated heterocycles. The highest BCUT2D eigenvalue weighted by molar-refractivity contribution is 6.31. The molecule has 1 aliphatic heterocycles. The van der Waals surface area contributed by atoms with Gasteiger partial charge in [0.15, 0.2) is 0 Å². The van der Waals surface area contributed by atoms with E-state index in [-0.39, 0.29) is 23.9 Å². The molecule has 0 atom stereocenters. The Morgan fingerprint density at radius 2 is 2.03 bits per heavy atom. The van der Waals surface area contributed by atoms with Crippen molar-refractivity contribution < 1.29 is 9.59 Å². The van der Waals surface area contributed by atoms with Crippen molar-refractivity contribution in [2.45, 2.75) is 26.3 Å². The van der Waals surface area contributed by atoms with Crippen molar-refractivity contribution in [2.75, 3.05) is 18.0 Å². The summed E-state index contributed by atoms with van der Waals surface area (Å²) in [7, 11) is 0. The average Bonchev–Trinajstić information content (AvgIpc) is 3.17. The molecular weight excluding hydrogens is 404 g/mol. The third kappa shape index (κ3) is 3.80. The highest BCUT2D eigenvalue weighted by Crippen LogP contribution is 2.30. The van der Waals surface area contributed by atoms with Crippen LogP contribution in [0.25, 0.3) is 10.9 Å². The van der Waals surface area contributed by atoms with Crippen LogP contribution in [0.5, 0.6) is 0 Å². The van der Waals surface area contributed by atoms with Crippen molar-refractivity contribution in [2.24, 2.45) is 0 Å². The van der Waals surface area contributed by atoms with Crippen LogP contribution in [0.15, 0.2) is 47.3 Å². The molecule has 30 heavy (non-hydrogen) atoms. The predicted octanol–water partition coefficient (Wildman–Crippen LogP) is 3.37. The number of para-hydroxylation sites is 1. The summed E-state index contributed by atoms with van der Waals surface area (Å²) in [6.07, 6.45) is 1.21. The molecule has 8 heteroatoms. The number of carbonyl (C=O) groups excluding carboxylic acids is 2. The Morgan fingerprint density at radius 3 is 2.77 bits per heavy atom. The standard InChI is InChI=1S/C22H21ClN4O3/c1-2-26(13-19-24-17-7-4-3-6-15(17)21(29)25-19)22(30)16-10-9-14(23)12-18(16)27-11-5-8-20(27)28/h3-4,6-7,9-10,12H,2,5,8,11,13H2,1H3,(H,24,25,29). The van der Waals surface area contributed by atoms with Crippen LogP contribution in [-0.2, 0) is 11.3 Å². The number of fused-ring (bicyclic) bond motifs is 1. The smallest absolute Gasteiger partial charge is 0.258 e. The fourth-order valence-corrected chi connectivity index (χ4v) is 3.87. The predicted molar refractivity (Wildman–Crippen MR) is 116 cm³/mol. The summed E-state index contributed by atoms with van der Waals surface area (Å²) in [4.78, 5) is 48.4. The number of aromatic amines is 1. The number of hydrogen-bond donors (Lipinski definition) is 1. The van der Waals surface area contributed by atoms with Gasteiger partial charge in [0.25, 0.3) is 11.5 Å². The maximum absolute atomic E-state index is 13.3. The molecule has 3 aromatic rings. The van der Waals surface area contributed by atoms with Gasteiger partial charge in [-0.2, -0.15) is 0 Å². The van der Waals surface area contributed by atoms with Gasteiger partial charge in [-0.1, -0.05) is 23.7 Å². The molecule has 0 radical (unpaired) electrons. The molecule has 1 aromatic heterocycles. The first kappa shape index (κ1) is 20.1. The Morgan fingerprint density at radius 1 is 1.23 bits per heavy atom. The van der Waals surface area contributed by atoms with E-state index in [1.165, 1.54) is 0 Å². The van der Waals surface area contributed by atoms with Gasteiger partial charge in [-0.05, 0) is 43.7 Å². The second-order valence-corrected chi connectivity index (χ2v) is 7.60. The van der Waals surface area contributed by atoms with E-state index in [9.17, 15) is 14.4 Å². The summed E-state index contributed by atoms with van der Waals surface area (Å²) in [5.74, 6) is 0.135. The minimum absolute atomic E-state index is 0.0186. The highest BCUT2D eigenvalue weighted by Gasteiger charge is 2.28. The lowest BCUT2D eigenvalue weighted by Crippen LogP contribution is -2.34. The molecule has 1 fully saturated rings. The zero-order chi connectivity index (χ0) is 21.3. The number of nitrogens with zero attached hydrogens (tertiary/aromatic N) is 3. The monoisotopic (exact) mass is 424 g/mol. The number of rotatable bonds is 5. The maximum atomic E-state index is 13.3. The number of H-pyrrole nitrogens is 1. The fraction of sp³-hybridized carbons (Fsp3) is 0.273. The highest BCUT2D eigenvalue weighted by atomic mass is 35.5. The number of hydrogen-bond acceptors (Lipinski definition) is 4. The molecule has 2 heterocycles. The molecule has 1 N–H and O–H groups in total. The first-order chi connectivity index (χ1) is 14.5. The van der Waals surface area contributed by atoms with Gasteiger partial charge in [-0.25, -0.2) is 4.98 Å². The fourth-order valence-electron chi connectivity index (χ4n) is 3.70. The molecule has 0 spiro atoms. The number of aromatic nitrogens is 2. The summed E-state index contributed by atoms with van der Waals surface area (Å²) in [5.41, 5.74) is 1.26. The lowest BCUT2D eigenvalue weighted by molar-refractivity contribution is -0.117. The Labute approximate surface area is 178 Å². The Bertz CT molecular complexity index is 1190. The first-order valence-corrected chi connectivity index (χ1v) is 10.2. The molecule has 2 aromatic carbocycles. The van der Waals surface area contributed by atoms with Gasteiger partial charge >= 0.3 is 0 Å². The number of benzene rings is 2. The summed E-state index contributed by atoms with van der Waals surface area (Å²) in [6.45, 7) is 2.97. The van der Waals surface area contributed by atoms with E-state index >= 15 is 0 Å². The van der Waals surface area contributed by atoms with Crippen LogP contribution in [0, 0.1) is 0 Å². The summed E-state index contributed by atoms with van der Waals surface area (Å²) < 4.78 is 0. The lowest BCUT2D eigenvalue weighted by atomic mass is 10.1. The molecule has 154 valence electrons. The first-order valence-electron chi connectivity index (χ1n) is 9.85. The summed E-state index contributed by atoms with van der Waals surface area (Å²) in [6, 6.07) is 12.0. The van der Waals surface area contributed by atoms with E-state index in [2.05, 4.69) is 9.97 Å². The van der Waals surface area contributed by atoms with Crippen molar-refractivity contribution in [3.05, 3.63) is 69.2 Å². The second-order valence-electron chi connectivity index (χ2n) is 7.16. The minimum Gasteiger partial charge on any atom is -0.331 e. The van der Waals surface area contributed by atoms with Crippen LogP contribution < -0.4 is 10.5 Å². The van der Waals surface area contributed by atoms with Crippen molar-refractivity contribution in [3.8, 4) is 0 Å². The van der Waals surface area contributed by atoms with Crippen LogP contribution >= 0.6 is 11.6 Å². The van der Waals surface area contributed by atoms with Crippen molar-refractivity contribution in [3.63, 3.8) is 0 Å². The third-order valence-electron chi connectivity index (χ3n) is 5.23. The zero-order valence-electron chi connectivity index (χ0n) is 16.5. The second kappa shape index (κ2) is 8.28. The largest absolute Gasteiger partial charge is 0.331 e. The van der Waals surface area contributed by atoms with Crippen LogP contribution in [0.1, 0.15) is 35.9 Å².